The third kappa shape index (κ3) is 3.38. The van der Waals surface area contributed by atoms with Crippen LogP contribution < -0.4 is 5.32 Å². The molecule has 1 aromatic carbocycles. The fraction of sp³-hybridized carbons (Fsp3) is 0.312. The van der Waals surface area contributed by atoms with Crippen molar-refractivity contribution in [2.24, 2.45) is 0 Å². The van der Waals surface area contributed by atoms with E-state index in [-0.39, 0.29) is 11.9 Å². The predicted octanol–water partition coefficient (Wildman–Crippen LogP) is 3.62. The fourth-order valence-electron chi connectivity index (χ4n) is 2.10. The summed E-state index contributed by atoms with van der Waals surface area (Å²) in [5, 5.41) is 3.37. The average Bonchev–Trinajstić information content (AvgIpc) is 2.41. The number of hydrogen-bond donors (Lipinski definition) is 1. The molecule has 0 saturated carbocycles. The van der Waals surface area contributed by atoms with E-state index in [1.165, 1.54) is 6.07 Å². The van der Waals surface area contributed by atoms with Crippen LogP contribution in [-0.4, -0.2) is 11.5 Å². The van der Waals surface area contributed by atoms with Gasteiger partial charge in [0.1, 0.15) is 5.82 Å². The van der Waals surface area contributed by atoms with Gasteiger partial charge < -0.3 is 5.32 Å². The van der Waals surface area contributed by atoms with E-state index in [1.807, 2.05) is 37.3 Å². The molecule has 0 aliphatic heterocycles. The van der Waals surface area contributed by atoms with Crippen molar-refractivity contribution in [2.75, 3.05) is 6.54 Å². The van der Waals surface area contributed by atoms with Crippen molar-refractivity contribution in [3.63, 3.8) is 0 Å². The molecule has 3 heteroatoms. The van der Waals surface area contributed by atoms with Crippen LogP contribution in [0.1, 0.15) is 36.3 Å². The highest BCUT2D eigenvalue weighted by Gasteiger charge is 2.17. The van der Waals surface area contributed by atoms with Gasteiger partial charge in [0, 0.05) is 11.3 Å². The lowest BCUT2D eigenvalue weighted by molar-refractivity contribution is 0.539. The maximum Gasteiger partial charge on any atom is 0.128 e. The first-order chi connectivity index (χ1) is 9.22. The van der Waals surface area contributed by atoms with Gasteiger partial charge in [-0.25, -0.2) is 4.39 Å². The molecule has 2 nitrogen and oxygen atoms in total. The molecule has 100 valence electrons. The molecule has 2 aromatic rings. The Morgan fingerprint density at radius 3 is 2.63 bits per heavy atom. The minimum atomic E-state index is -0.195. The zero-order valence-electron chi connectivity index (χ0n) is 11.4. The molecule has 0 amide bonds. The molecule has 1 atom stereocenters. The number of halogens is 1. The third-order valence-corrected chi connectivity index (χ3v) is 3.02. The summed E-state index contributed by atoms with van der Waals surface area (Å²) in [4.78, 5) is 4.51. The number of benzene rings is 1. The molecule has 0 saturated heterocycles. The summed E-state index contributed by atoms with van der Waals surface area (Å²) in [7, 11) is 0. The Bertz CT molecular complexity index is 540. The van der Waals surface area contributed by atoms with Crippen molar-refractivity contribution in [3.05, 3.63) is 65.2 Å². The lowest BCUT2D eigenvalue weighted by atomic mass is 10.0. The summed E-state index contributed by atoms with van der Waals surface area (Å²) in [6, 6.07) is 12.5. The first-order valence-corrected chi connectivity index (χ1v) is 6.63. The second-order valence-corrected chi connectivity index (χ2v) is 4.61. The summed E-state index contributed by atoms with van der Waals surface area (Å²) in [5.41, 5.74) is 2.45. The standard InChI is InChI=1S/C16H19FN2/c1-3-11-18-16(13-8-4-5-9-14(13)17)15-10-6-7-12(2)19-15/h4-10,16,18H,3,11H2,1-2H3. The highest BCUT2D eigenvalue weighted by Crippen LogP contribution is 2.23. The maximum absolute atomic E-state index is 14.0. The molecule has 1 heterocycles. The maximum atomic E-state index is 14.0. The number of pyridine rings is 1. The van der Waals surface area contributed by atoms with Crippen LogP contribution in [0.4, 0.5) is 4.39 Å². The van der Waals surface area contributed by atoms with Crippen LogP contribution in [0.3, 0.4) is 0 Å². The number of aryl methyl sites for hydroxylation is 1. The van der Waals surface area contributed by atoms with Gasteiger partial charge in [0.15, 0.2) is 0 Å². The summed E-state index contributed by atoms with van der Waals surface area (Å²) in [6.45, 7) is 4.87. The van der Waals surface area contributed by atoms with Crippen molar-refractivity contribution >= 4 is 0 Å². The minimum Gasteiger partial charge on any atom is -0.305 e. The van der Waals surface area contributed by atoms with E-state index >= 15 is 0 Å². The van der Waals surface area contributed by atoms with Gasteiger partial charge in [-0.05, 0) is 38.1 Å². The number of aromatic nitrogens is 1. The van der Waals surface area contributed by atoms with E-state index in [0.717, 1.165) is 24.4 Å². The van der Waals surface area contributed by atoms with Crippen molar-refractivity contribution in [1.82, 2.24) is 10.3 Å². The van der Waals surface area contributed by atoms with Gasteiger partial charge in [-0.3, -0.25) is 4.98 Å². The third-order valence-electron chi connectivity index (χ3n) is 3.02. The van der Waals surface area contributed by atoms with E-state index in [9.17, 15) is 4.39 Å². The molecule has 1 unspecified atom stereocenters. The molecular weight excluding hydrogens is 239 g/mol. The molecule has 0 radical (unpaired) electrons. The van der Waals surface area contributed by atoms with Crippen molar-refractivity contribution in [1.29, 1.82) is 0 Å². The van der Waals surface area contributed by atoms with E-state index in [4.69, 9.17) is 0 Å². The number of nitrogens with one attached hydrogen (secondary N) is 1. The second kappa shape index (κ2) is 6.43. The second-order valence-electron chi connectivity index (χ2n) is 4.61. The molecular formula is C16H19FN2. The summed E-state index contributed by atoms with van der Waals surface area (Å²) in [6.07, 6.45) is 0.997. The normalized spacial score (nSPS) is 12.4. The summed E-state index contributed by atoms with van der Waals surface area (Å²) < 4.78 is 14.0. The van der Waals surface area contributed by atoms with Crippen molar-refractivity contribution in [3.8, 4) is 0 Å². The number of hydrogen-bond acceptors (Lipinski definition) is 2. The van der Waals surface area contributed by atoms with Crippen LogP contribution in [0.25, 0.3) is 0 Å². The van der Waals surface area contributed by atoms with Gasteiger partial charge in [-0.2, -0.15) is 0 Å². The fourth-order valence-corrected chi connectivity index (χ4v) is 2.10. The van der Waals surface area contributed by atoms with Crippen LogP contribution in [-0.2, 0) is 0 Å². The van der Waals surface area contributed by atoms with Crippen LogP contribution in [0, 0.1) is 12.7 Å². The number of rotatable bonds is 5. The molecule has 0 aliphatic rings. The topological polar surface area (TPSA) is 24.9 Å². The first-order valence-electron chi connectivity index (χ1n) is 6.63. The van der Waals surface area contributed by atoms with Gasteiger partial charge in [0.05, 0.1) is 11.7 Å². The van der Waals surface area contributed by atoms with Crippen LogP contribution >= 0.6 is 0 Å². The van der Waals surface area contributed by atoms with E-state index in [2.05, 4.69) is 17.2 Å². The molecule has 19 heavy (non-hydrogen) atoms. The molecule has 2 rings (SSSR count). The number of nitrogens with zero attached hydrogens (tertiary/aromatic N) is 1. The Morgan fingerprint density at radius 1 is 1.16 bits per heavy atom. The van der Waals surface area contributed by atoms with E-state index < -0.39 is 0 Å². The Labute approximate surface area is 113 Å². The van der Waals surface area contributed by atoms with Crippen molar-refractivity contribution in [2.45, 2.75) is 26.3 Å². The monoisotopic (exact) mass is 258 g/mol. The summed E-state index contributed by atoms with van der Waals surface area (Å²) >= 11 is 0. The molecule has 0 spiro atoms. The SMILES string of the molecule is CCCNC(c1cccc(C)n1)c1ccccc1F. The van der Waals surface area contributed by atoms with Crippen LogP contribution in [0.2, 0.25) is 0 Å². The van der Waals surface area contributed by atoms with Crippen LogP contribution in [0.15, 0.2) is 42.5 Å². The highest BCUT2D eigenvalue weighted by atomic mass is 19.1. The van der Waals surface area contributed by atoms with Crippen LogP contribution in [0.5, 0.6) is 0 Å². The van der Waals surface area contributed by atoms with Gasteiger partial charge in [-0.15, -0.1) is 0 Å². The van der Waals surface area contributed by atoms with Gasteiger partial charge in [0.25, 0.3) is 0 Å². The van der Waals surface area contributed by atoms with E-state index in [1.54, 1.807) is 6.07 Å². The van der Waals surface area contributed by atoms with Gasteiger partial charge in [0.2, 0.25) is 0 Å². The van der Waals surface area contributed by atoms with Gasteiger partial charge in [-0.1, -0.05) is 31.2 Å². The van der Waals surface area contributed by atoms with Crippen molar-refractivity contribution < 1.29 is 4.39 Å². The molecule has 1 aromatic heterocycles. The Kier molecular flexibility index (Phi) is 4.63. The lowest BCUT2D eigenvalue weighted by Crippen LogP contribution is -2.25. The molecule has 1 N–H and O–H groups in total. The smallest absolute Gasteiger partial charge is 0.128 e. The Hall–Kier alpha value is -1.74. The van der Waals surface area contributed by atoms with Gasteiger partial charge >= 0.3 is 0 Å². The zero-order valence-corrected chi connectivity index (χ0v) is 11.4. The minimum absolute atomic E-state index is 0.193. The Balaban J connectivity index is 2.38. The molecule has 0 bridgehead atoms. The summed E-state index contributed by atoms with van der Waals surface area (Å²) in [5.74, 6) is -0.195. The first kappa shape index (κ1) is 13.7. The lowest BCUT2D eigenvalue weighted by Gasteiger charge is -2.19. The molecule has 0 aliphatic carbocycles. The van der Waals surface area contributed by atoms with E-state index in [0.29, 0.717) is 5.56 Å². The largest absolute Gasteiger partial charge is 0.305 e. The zero-order chi connectivity index (χ0) is 13.7. The Morgan fingerprint density at radius 2 is 1.95 bits per heavy atom. The predicted molar refractivity (Wildman–Crippen MR) is 75.5 cm³/mol. The quantitative estimate of drug-likeness (QED) is 0.886. The molecule has 0 fully saturated rings. The highest BCUT2D eigenvalue weighted by molar-refractivity contribution is 5.29. The average molecular weight is 258 g/mol.